The zero-order valence-electron chi connectivity index (χ0n) is 6.74. The van der Waals surface area contributed by atoms with Gasteiger partial charge in [-0.15, -0.1) is 4.78 Å². The van der Waals surface area contributed by atoms with Gasteiger partial charge in [-0.2, -0.15) is 0 Å². The van der Waals surface area contributed by atoms with E-state index < -0.39 is 0 Å². The number of methoxy groups -OCH3 is 2. The Morgan fingerprint density at radius 2 is 1.80 bits per heavy atom. The molecule has 5 nitrogen and oxygen atoms in total. The van der Waals surface area contributed by atoms with Crippen LogP contribution in [0.2, 0.25) is 0 Å². The molecular formula is C4H13N3O2Si. The van der Waals surface area contributed by atoms with E-state index in [0.717, 1.165) is 0 Å². The van der Waals surface area contributed by atoms with Gasteiger partial charge < -0.3 is 9.47 Å². The van der Waals surface area contributed by atoms with Crippen LogP contribution in [0.1, 0.15) is 6.92 Å². The molecule has 0 N–H and O–H groups in total. The van der Waals surface area contributed by atoms with Crippen LogP contribution in [0, 0.1) is 0 Å². The molecule has 0 fully saturated rings. The SMILES string of the molecule is COC(C)OC.[N-]=[N+]=N[SiH3]. The highest BCUT2D eigenvalue weighted by atomic mass is 28.2. The predicted octanol–water partition coefficient (Wildman–Crippen LogP) is 0.202. The first-order valence-corrected chi connectivity index (χ1v) is 3.61. The number of nitrogens with zero attached hydrogens (tertiary/aromatic N) is 3. The number of ether oxygens (including phenoxy) is 2. The van der Waals surface area contributed by atoms with Gasteiger partial charge >= 0.3 is 0 Å². The van der Waals surface area contributed by atoms with Gasteiger partial charge in [0.25, 0.3) is 0 Å². The van der Waals surface area contributed by atoms with E-state index in [1.807, 2.05) is 6.92 Å². The monoisotopic (exact) mass is 163 g/mol. The van der Waals surface area contributed by atoms with Gasteiger partial charge in [0.05, 0.1) is 0 Å². The largest absolute Gasteiger partial charge is 0.356 e. The smallest absolute Gasteiger partial charge is 0.154 e. The fraction of sp³-hybridized carbons (Fsp3) is 1.00. The summed E-state index contributed by atoms with van der Waals surface area (Å²) in [5.74, 6) is 0. The lowest BCUT2D eigenvalue weighted by molar-refractivity contribution is -0.0877. The second-order valence-electron chi connectivity index (χ2n) is 1.33. The highest BCUT2D eigenvalue weighted by molar-refractivity contribution is 6.05. The van der Waals surface area contributed by atoms with Crippen molar-refractivity contribution in [3.63, 3.8) is 0 Å². The van der Waals surface area contributed by atoms with Gasteiger partial charge in [-0.1, -0.05) is 0 Å². The molecule has 0 bridgehead atoms. The van der Waals surface area contributed by atoms with Gasteiger partial charge in [0, 0.05) is 14.2 Å². The number of hydrogen-bond donors (Lipinski definition) is 0. The maximum Gasteiger partial charge on any atom is 0.154 e. The molecule has 0 radical (unpaired) electrons. The Balaban J connectivity index is 0. The molecule has 0 aromatic rings. The Morgan fingerprint density at radius 3 is 1.80 bits per heavy atom. The molecular weight excluding hydrogens is 150 g/mol. The van der Waals surface area contributed by atoms with Crippen molar-refractivity contribution in [3.8, 4) is 0 Å². The molecule has 10 heavy (non-hydrogen) atoms. The summed E-state index contributed by atoms with van der Waals surface area (Å²) >= 11 is 0. The Bertz CT molecular complexity index is 101. The molecule has 0 aliphatic rings. The standard InChI is InChI=1S/C4H10O2.H3N3Si/c1-4(5-2)6-3;1-2-3-4/h4H,1-3H3;4H3. The van der Waals surface area contributed by atoms with Gasteiger partial charge in [0.2, 0.25) is 0 Å². The summed E-state index contributed by atoms with van der Waals surface area (Å²) in [6, 6.07) is 0. The minimum absolute atomic E-state index is 0.0648. The summed E-state index contributed by atoms with van der Waals surface area (Å²) in [7, 11) is 3.81. The van der Waals surface area contributed by atoms with E-state index in [1.165, 1.54) is 0 Å². The van der Waals surface area contributed by atoms with Crippen LogP contribution in [-0.2, 0) is 9.47 Å². The molecule has 0 amide bonds. The molecule has 0 saturated heterocycles. The fourth-order valence-electron chi connectivity index (χ4n) is 0.0962. The molecule has 0 saturated carbocycles. The first-order chi connectivity index (χ1) is 4.72. The van der Waals surface area contributed by atoms with E-state index in [2.05, 4.69) is 19.2 Å². The first-order valence-electron chi connectivity index (χ1n) is 2.71. The van der Waals surface area contributed by atoms with Gasteiger partial charge in [0.15, 0.2) is 6.29 Å². The van der Waals surface area contributed by atoms with Crippen LogP contribution in [0.15, 0.2) is 4.78 Å². The van der Waals surface area contributed by atoms with Gasteiger partial charge in [-0.05, 0) is 17.4 Å². The minimum atomic E-state index is -0.0648. The van der Waals surface area contributed by atoms with Crippen molar-refractivity contribution in [1.29, 1.82) is 0 Å². The molecule has 0 aliphatic heterocycles. The lowest BCUT2D eigenvalue weighted by Gasteiger charge is -2.03. The van der Waals surface area contributed by atoms with Crippen LogP contribution in [0.5, 0.6) is 0 Å². The van der Waals surface area contributed by atoms with E-state index in [9.17, 15) is 0 Å². The Morgan fingerprint density at radius 1 is 1.50 bits per heavy atom. The average Bonchev–Trinajstić information content (AvgIpc) is 2.03. The van der Waals surface area contributed by atoms with Crippen molar-refractivity contribution in [1.82, 2.24) is 0 Å². The van der Waals surface area contributed by atoms with Crippen LogP contribution >= 0.6 is 0 Å². The molecule has 0 unspecified atom stereocenters. The van der Waals surface area contributed by atoms with Crippen molar-refractivity contribution in [2.24, 2.45) is 4.78 Å². The number of rotatable bonds is 2. The van der Waals surface area contributed by atoms with Crippen LogP contribution in [0.3, 0.4) is 0 Å². The number of azide groups is 1. The molecule has 0 aromatic heterocycles. The Kier molecular flexibility index (Phi) is 13.7. The highest BCUT2D eigenvalue weighted by Gasteiger charge is 1.87. The number of hydrogen-bond acceptors (Lipinski definition) is 3. The van der Waals surface area contributed by atoms with Gasteiger partial charge in [0.1, 0.15) is 10.4 Å². The summed E-state index contributed by atoms with van der Waals surface area (Å²) in [4.78, 5) is 2.42. The zero-order valence-corrected chi connectivity index (χ0v) is 8.74. The first kappa shape index (κ1) is 12.2. The third-order valence-electron chi connectivity index (χ3n) is 0.753. The van der Waals surface area contributed by atoms with E-state index in [0.29, 0.717) is 10.4 Å². The third kappa shape index (κ3) is 15.7. The van der Waals surface area contributed by atoms with Crippen molar-refractivity contribution in [3.05, 3.63) is 10.4 Å². The van der Waals surface area contributed by atoms with Crippen molar-refractivity contribution in [2.75, 3.05) is 14.2 Å². The summed E-state index contributed by atoms with van der Waals surface area (Å²) < 4.78 is 12.4. The zero-order chi connectivity index (χ0) is 8.41. The lowest BCUT2D eigenvalue weighted by Crippen LogP contribution is -2.05. The molecule has 6 heteroatoms. The molecule has 0 atom stereocenters. The lowest BCUT2D eigenvalue weighted by atomic mass is 10.8. The normalized spacial score (nSPS) is 8.00. The topological polar surface area (TPSA) is 67.2 Å². The summed E-state index contributed by atoms with van der Waals surface area (Å²) in [5.41, 5.74) is 7.37. The predicted molar refractivity (Wildman–Crippen MR) is 42.6 cm³/mol. The van der Waals surface area contributed by atoms with E-state index >= 15 is 0 Å². The summed E-state index contributed by atoms with van der Waals surface area (Å²) in [5, 5.41) is 0. The molecule has 0 rings (SSSR count). The Hall–Kier alpha value is -0.553. The van der Waals surface area contributed by atoms with Crippen LogP contribution in [0.25, 0.3) is 10.4 Å². The highest BCUT2D eigenvalue weighted by Crippen LogP contribution is 1.82. The van der Waals surface area contributed by atoms with Crippen molar-refractivity contribution < 1.29 is 9.47 Å². The van der Waals surface area contributed by atoms with Crippen LogP contribution in [-0.4, -0.2) is 30.9 Å². The third-order valence-corrected chi connectivity index (χ3v) is 0.932. The average molecular weight is 163 g/mol. The van der Waals surface area contributed by atoms with Gasteiger partial charge in [-0.3, -0.25) is 0 Å². The quantitative estimate of drug-likeness (QED) is 0.192. The van der Waals surface area contributed by atoms with Crippen molar-refractivity contribution in [2.45, 2.75) is 13.2 Å². The van der Waals surface area contributed by atoms with E-state index in [-0.39, 0.29) is 6.29 Å². The van der Waals surface area contributed by atoms with Gasteiger partial charge in [-0.25, -0.2) is 0 Å². The second-order valence-corrected chi connectivity index (χ2v) is 1.73. The van der Waals surface area contributed by atoms with E-state index in [1.54, 1.807) is 14.2 Å². The molecule has 0 heterocycles. The molecule has 0 aliphatic carbocycles. The molecule has 60 valence electrons. The summed E-state index contributed by atoms with van der Waals surface area (Å²) in [6.45, 7) is 1.83. The maximum absolute atomic E-state index is 7.37. The van der Waals surface area contributed by atoms with Crippen LogP contribution in [0.4, 0.5) is 0 Å². The second kappa shape index (κ2) is 11.3. The Labute approximate surface area is 63.5 Å². The summed E-state index contributed by atoms with van der Waals surface area (Å²) in [6.07, 6.45) is -0.0648. The minimum Gasteiger partial charge on any atom is -0.356 e. The maximum atomic E-state index is 7.37. The van der Waals surface area contributed by atoms with Crippen molar-refractivity contribution >= 4 is 10.4 Å². The fourth-order valence-corrected chi connectivity index (χ4v) is 0.0962. The molecule has 0 aromatic carbocycles. The molecule has 0 spiro atoms. The van der Waals surface area contributed by atoms with E-state index in [4.69, 9.17) is 5.53 Å². The van der Waals surface area contributed by atoms with Crippen LogP contribution < -0.4 is 0 Å².